The first kappa shape index (κ1) is 14.1. The second-order valence-electron chi connectivity index (χ2n) is 4.85. The number of pyridine rings is 1. The third kappa shape index (κ3) is 4.08. The molecule has 0 atom stereocenters. The lowest BCUT2D eigenvalue weighted by molar-refractivity contribution is 0.569. The molecule has 0 saturated carbocycles. The van der Waals surface area contributed by atoms with E-state index in [9.17, 15) is 0 Å². The van der Waals surface area contributed by atoms with E-state index in [0.29, 0.717) is 6.04 Å². The molecule has 2 aromatic rings. The van der Waals surface area contributed by atoms with Crippen molar-refractivity contribution in [3.63, 3.8) is 0 Å². The maximum absolute atomic E-state index is 4.29. The summed E-state index contributed by atoms with van der Waals surface area (Å²) in [5.41, 5.74) is 2.10. The Morgan fingerprint density at radius 1 is 1.32 bits per heavy atom. The van der Waals surface area contributed by atoms with Crippen molar-refractivity contribution >= 4 is 11.3 Å². The molecule has 0 aliphatic rings. The Hall–Kier alpha value is -1.33. The van der Waals surface area contributed by atoms with Crippen molar-refractivity contribution in [1.29, 1.82) is 0 Å². The molecule has 0 fully saturated rings. The normalized spacial score (nSPS) is 11.2. The topological polar surface area (TPSA) is 50.7 Å². The van der Waals surface area contributed by atoms with E-state index in [-0.39, 0.29) is 0 Å². The van der Waals surface area contributed by atoms with E-state index in [1.165, 1.54) is 0 Å². The zero-order valence-electron chi connectivity index (χ0n) is 11.7. The van der Waals surface area contributed by atoms with Crippen molar-refractivity contribution < 1.29 is 0 Å². The Morgan fingerprint density at radius 2 is 2.16 bits per heavy atom. The largest absolute Gasteiger partial charge is 0.315 e. The summed E-state index contributed by atoms with van der Waals surface area (Å²) >= 11 is 1.67. The fourth-order valence-electron chi connectivity index (χ4n) is 1.80. The van der Waals surface area contributed by atoms with Crippen LogP contribution in [0.1, 0.15) is 31.0 Å². The van der Waals surface area contributed by atoms with Gasteiger partial charge in [0, 0.05) is 29.9 Å². The van der Waals surface area contributed by atoms with Crippen LogP contribution in [0.15, 0.2) is 18.3 Å². The molecule has 0 aromatic carbocycles. The molecule has 2 heterocycles. The Balaban J connectivity index is 1.94. The van der Waals surface area contributed by atoms with E-state index in [1.54, 1.807) is 17.5 Å². The maximum atomic E-state index is 4.29. The Bertz CT molecular complexity index is 522. The number of hydrogen-bond donors (Lipinski definition) is 1. The van der Waals surface area contributed by atoms with E-state index < -0.39 is 0 Å². The highest BCUT2D eigenvalue weighted by atomic mass is 32.1. The van der Waals surface area contributed by atoms with E-state index in [1.807, 2.05) is 19.1 Å². The van der Waals surface area contributed by atoms with Crippen LogP contribution >= 0.6 is 11.3 Å². The van der Waals surface area contributed by atoms with Gasteiger partial charge >= 0.3 is 0 Å². The minimum Gasteiger partial charge on any atom is -0.315 e. The van der Waals surface area contributed by atoms with Gasteiger partial charge in [0.05, 0.1) is 0 Å². The van der Waals surface area contributed by atoms with Gasteiger partial charge in [-0.05, 0) is 32.0 Å². The predicted molar refractivity (Wildman–Crippen MR) is 79.3 cm³/mol. The van der Waals surface area contributed by atoms with E-state index in [4.69, 9.17) is 0 Å². The first-order chi connectivity index (χ1) is 9.16. The zero-order chi connectivity index (χ0) is 13.7. The minimum absolute atomic E-state index is 0.544. The summed E-state index contributed by atoms with van der Waals surface area (Å²) in [6.45, 7) is 7.35. The molecule has 0 radical (unpaired) electrons. The van der Waals surface area contributed by atoms with Crippen molar-refractivity contribution in [2.45, 2.75) is 39.7 Å². The number of nitrogens with zero attached hydrogens (tertiary/aromatic N) is 3. The smallest absolute Gasteiger partial charge is 0.149 e. The lowest BCUT2D eigenvalue weighted by Crippen LogP contribution is -2.23. The number of aromatic nitrogens is 3. The van der Waals surface area contributed by atoms with Gasteiger partial charge in [-0.1, -0.05) is 25.2 Å². The van der Waals surface area contributed by atoms with Crippen molar-refractivity contribution in [2.75, 3.05) is 6.54 Å². The van der Waals surface area contributed by atoms with Gasteiger partial charge in [-0.3, -0.25) is 4.98 Å². The number of hydrogen-bond acceptors (Lipinski definition) is 5. The van der Waals surface area contributed by atoms with Gasteiger partial charge in [0.2, 0.25) is 0 Å². The molecule has 0 amide bonds. The Kier molecular flexibility index (Phi) is 4.99. The molecule has 19 heavy (non-hydrogen) atoms. The maximum Gasteiger partial charge on any atom is 0.149 e. The van der Waals surface area contributed by atoms with Gasteiger partial charge < -0.3 is 5.32 Å². The lowest BCUT2D eigenvalue weighted by atomic mass is 10.2. The summed E-state index contributed by atoms with van der Waals surface area (Å²) in [5.74, 6) is 0. The van der Waals surface area contributed by atoms with Crippen LogP contribution < -0.4 is 5.32 Å². The minimum atomic E-state index is 0.544. The molecule has 102 valence electrons. The van der Waals surface area contributed by atoms with E-state index >= 15 is 0 Å². The molecule has 4 nitrogen and oxygen atoms in total. The quantitative estimate of drug-likeness (QED) is 0.824. The fourth-order valence-corrected chi connectivity index (χ4v) is 2.76. The fraction of sp³-hybridized carbons (Fsp3) is 0.500. The molecule has 0 aliphatic heterocycles. The molecule has 2 rings (SSSR count). The Labute approximate surface area is 118 Å². The van der Waals surface area contributed by atoms with Crippen LogP contribution in [0.3, 0.4) is 0 Å². The third-order valence-electron chi connectivity index (χ3n) is 2.82. The van der Waals surface area contributed by atoms with Gasteiger partial charge in [-0.25, -0.2) is 0 Å². The Morgan fingerprint density at radius 3 is 2.89 bits per heavy atom. The van der Waals surface area contributed by atoms with E-state index in [2.05, 4.69) is 34.3 Å². The summed E-state index contributed by atoms with van der Waals surface area (Å²) in [7, 11) is 0. The molecule has 0 aliphatic carbocycles. The van der Waals surface area contributed by atoms with Gasteiger partial charge in [0.15, 0.2) is 0 Å². The summed E-state index contributed by atoms with van der Waals surface area (Å²) < 4.78 is 0. The van der Waals surface area contributed by atoms with E-state index in [0.717, 1.165) is 40.7 Å². The first-order valence-corrected chi connectivity index (χ1v) is 7.46. The summed E-state index contributed by atoms with van der Waals surface area (Å²) in [5, 5.41) is 14.0. The van der Waals surface area contributed by atoms with Gasteiger partial charge in [0.25, 0.3) is 0 Å². The standard InChI is InChI=1S/C14H20N4S/c1-10(2)15-8-5-7-13-17-18-14(19-13)12-6-4-9-16-11(12)3/h4,6,9-10,15H,5,7-8H2,1-3H3. The number of aryl methyl sites for hydroxylation is 2. The SMILES string of the molecule is Cc1ncccc1-c1nnc(CCCNC(C)C)s1. The van der Waals surface area contributed by atoms with Crippen LogP contribution in [0.5, 0.6) is 0 Å². The average Bonchev–Trinajstić information content (AvgIpc) is 2.83. The van der Waals surface area contributed by atoms with Crippen LogP contribution in [-0.4, -0.2) is 27.8 Å². The van der Waals surface area contributed by atoms with Crippen LogP contribution in [0, 0.1) is 6.92 Å². The van der Waals surface area contributed by atoms with Crippen LogP contribution in [0.4, 0.5) is 0 Å². The van der Waals surface area contributed by atoms with Crippen molar-refractivity contribution in [3.05, 3.63) is 29.0 Å². The second kappa shape index (κ2) is 6.73. The second-order valence-corrected chi connectivity index (χ2v) is 5.91. The van der Waals surface area contributed by atoms with Crippen LogP contribution in [0.2, 0.25) is 0 Å². The molecule has 0 unspecified atom stereocenters. The van der Waals surface area contributed by atoms with Crippen LogP contribution in [0.25, 0.3) is 10.6 Å². The van der Waals surface area contributed by atoms with Gasteiger partial charge in [-0.2, -0.15) is 0 Å². The molecule has 0 bridgehead atoms. The van der Waals surface area contributed by atoms with Gasteiger partial charge in [-0.15, -0.1) is 10.2 Å². The molecule has 1 N–H and O–H groups in total. The zero-order valence-corrected chi connectivity index (χ0v) is 12.5. The average molecular weight is 276 g/mol. The molecule has 0 saturated heterocycles. The summed E-state index contributed by atoms with van der Waals surface area (Å²) in [4.78, 5) is 4.29. The molecule has 2 aromatic heterocycles. The van der Waals surface area contributed by atoms with Crippen molar-refractivity contribution in [2.24, 2.45) is 0 Å². The monoisotopic (exact) mass is 276 g/mol. The molecular formula is C14H20N4S. The van der Waals surface area contributed by atoms with Crippen molar-refractivity contribution in [1.82, 2.24) is 20.5 Å². The van der Waals surface area contributed by atoms with Crippen LogP contribution in [-0.2, 0) is 6.42 Å². The molecule has 0 spiro atoms. The van der Waals surface area contributed by atoms with Gasteiger partial charge in [0.1, 0.15) is 10.0 Å². The summed E-state index contributed by atoms with van der Waals surface area (Å²) in [6.07, 6.45) is 3.88. The lowest BCUT2D eigenvalue weighted by Gasteiger charge is -2.05. The third-order valence-corrected chi connectivity index (χ3v) is 3.84. The first-order valence-electron chi connectivity index (χ1n) is 6.64. The molecular weight excluding hydrogens is 256 g/mol. The predicted octanol–water partition coefficient (Wildman–Crippen LogP) is 2.84. The molecule has 5 heteroatoms. The highest BCUT2D eigenvalue weighted by Gasteiger charge is 2.09. The van der Waals surface area contributed by atoms with Crippen molar-refractivity contribution in [3.8, 4) is 10.6 Å². The summed E-state index contributed by atoms with van der Waals surface area (Å²) in [6, 6.07) is 4.53. The number of rotatable bonds is 6. The highest BCUT2D eigenvalue weighted by molar-refractivity contribution is 7.14. The highest BCUT2D eigenvalue weighted by Crippen LogP contribution is 2.25. The number of nitrogens with one attached hydrogen (secondary N) is 1.